The molecule has 2 aromatic carbocycles. The Balaban J connectivity index is 1.84. The molecule has 43 heavy (non-hydrogen) atoms. The number of alkyl halides is 6. The molecule has 0 saturated carbocycles. The van der Waals surface area contributed by atoms with Crippen molar-refractivity contribution in [3.63, 3.8) is 0 Å². The molecule has 1 aliphatic heterocycles. The predicted molar refractivity (Wildman–Crippen MR) is 147 cm³/mol. The molecule has 7 nitrogen and oxygen atoms in total. The third kappa shape index (κ3) is 6.37. The lowest BCUT2D eigenvalue weighted by atomic mass is 9.81. The van der Waals surface area contributed by atoms with Gasteiger partial charge in [0.25, 0.3) is 0 Å². The Morgan fingerprint density at radius 1 is 1.00 bits per heavy atom. The van der Waals surface area contributed by atoms with Crippen molar-refractivity contribution < 1.29 is 46.1 Å². The Bertz CT molecular complexity index is 1490. The molecule has 0 radical (unpaired) electrons. The van der Waals surface area contributed by atoms with Crippen molar-refractivity contribution in [3.8, 4) is 11.1 Å². The Morgan fingerprint density at radius 2 is 1.58 bits per heavy atom. The average molecular weight is 610 g/mol. The number of nitrogens with zero attached hydrogens (tertiary/aromatic N) is 3. The van der Waals surface area contributed by atoms with E-state index in [9.17, 15) is 46.1 Å². The zero-order valence-electron chi connectivity index (χ0n) is 23.4. The Labute approximate surface area is 243 Å². The number of rotatable bonds is 7. The van der Waals surface area contributed by atoms with Gasteiger partial charge in [0.1, 0.15) is 5.82 Å². The number of aromatic nitrogens is 1. The van der Waals surface area contributed by atoms with Crippen LogP contribution >= 0.6 is 0 Å². The van der Waals surface area contributed by atoms with Crippen molar-refractivity contribution in [2.75, 3.05) is 30.0 Å². The summed E-state index contributed by atoms with van der Waals surface area (Å²) in [6.07, 6.45) is -8.74. The van der Waals surface area contributed by atoms with Gasteiger partial charge < -0.3 is 20.0 Å². The number of aliphatic hydroxyl groups is 2. The van der Waals surface area contributed by atoms with Gasteiger partial charge in [0, 0.05) is 24.7 Å². The van der Waals surface area contributed by atoms with Crippen LogP contribution in [0.3, 0.4) is 0 Å². The van der Waals surface area contributed by atoms with Crippen LogP contribution in [-0.2, 0) is 22.6 Å². The molecule has 13 heteroatoms. The number of amides is 1. The summed E-state index contributed by atoms with van der Waals surface area (Å²) >= 11 is 0. The van der Waals surface area contributed by atoms with Crippen molar-refractivity contribution in [1.29, 1.82) is 0 Å². The zero-order chi connectivity index (χ0) is 31.9. The number of carbonyl (C=O) groups excluding carboxylic acids is 2. The van der Waals surface area contributed by atoms with E-state index in [1.807, 2.05) is 0 Å². The molecule has 2 unspecified atom stereocenters. The molecule has 2 atom stereocenters. The minimum absolute atomic E-state index is 0.000183. The van der Waals surface area contributed by atoms with Gasteiger partial charge in [-0.2, -0.15) is 26.3 Å². The summed E-state index contributed by atoms with van der Waals surface area (Å²) in [4.78, 5) is 33.0. The van der Waals surface area contributed by atoms with E-state index in [1.54, 1.807) is 29.2 Å². The summed E-state index contributed by atoms with van der Waals surface area (Å²) in [5.74, 6) is -0.521. The molecule has 0 aliphatic carbocycles. The molecule has 1 amide bonds. The average Bonchev–Trinajstić information content (AvgIpc) is 3.35. The van der Waals surface area contributed by atoms with E-state index in [-0.39, 0.29) is 36.9 Å². The Hall–Kier alpha value is -3.97. The number of anilines is 2. The summed E-state index contributed by atoms with van der Waals surface area (Å²) in [6, 6.07) is 8.57. The van der Waals surface area contributed by atoms with E-state index in [0.29, 0.717) is 35.4 Å². The summed E-state index contributed by atoms with van der Waals surface area (Å²) < 4.78 is 81.4. The number of pyridine rings is 1. The first kappa shape index (κ1) is 32.0. The third-order valence-corrected chi connectivity index (χ3v) is 7.65. The van der Waals surface area contributed by atoms with Crippen molar-refractivity contribution in [2.24, 2.45) is 0 Å². The molecule has 1 fully saturated rings. The third-order valence-electron chi connectivity index (χ3n) is 7.65. The van der Waals surface area contributed by atoms with E-state index < -0.39 is 52.5 Å². The molecule has 0 bridgehead atoms. The van der Waals surface area contributed by atoms with Gasteiger partial charge in [-0.25, -0.2) is 4.98 Å². The lowest BCUT2D eigenvalue weighted by Crippen LogP contribution is -2.42. The lowest BCUT2D eigenvalue weighted by Gasteiger charge is -2.32. The summed E-state index contributed by atoms with van der Waals surface area (Å²) in [5.41, 5.74) is -4.39. The normalized spacial score (nSPS) is 17.7. The van der Waals surface area contributed by atoms with Crippen LogP contribution < -0.4 is 9.80 Å². The van der Waals surface area contributed by atoms with Gasteiger partial charge in [-0.1, -0.05) is 24.3 Å². The van der Waals surface area contributed by atoms with E-state index in [1.165, 1.54) is 33.2 Å². The van der Waals surface area contributed by atoms with Gasteiger partial charge in [0.2, 0.25) is 5.91 Å². The van der Waals surface area contributed by atoms with Gasteiger partial charge in [0.05, 0.1) is 47.2 Å². The first-order valence-corrected chi connectivity index (χ1v) is 13.2. The van der Waals surface area contributed by atoms with Gasteiger partial charge in [-0.3, -0.25) is 9.59 Å². The van der Waals surface area contributed by atoms with Gasteiger partial charge in [0.15, 0.2) is 6.29 Å². The monoisotopic (exact) mass is 609 g/mol. The smallest absolute Gasteiger partial charge is 0.394 e. The fraction of sp³-hybridized carbons (Fsp3) is 0.367. The largest absolute Gasteiger partial charge is 0.416 e. The molecule has 1 saturated heterocycles. The second-order valence-corrected chi connectivity index (χ2v) is 10.9. The Morgan fingerprint density at radius 3 is 2.14 bits per heavy atom. The second kappa shape index (κ2) is 11.6. The van der Waals surface area contributed by atoms with Crippen LogP contribution in [0.1, 0.15) is 47.3 Å². The van der Waals surface area contributed by atoms with Crippen LogP contribution in [0.5, 0.6) is 0 Å². The number of carbonyl (C=O) groups is 2. The topological polar surface area (TPSA) is 94.0 Å². The van der Waals surface area contributed by atoms with E-state index >= 15 is 0 Å². The van der Waals surface area contributed by atoms with Crippen molar-refractivity contribution in [1.82, 2.24) is 4.98 Å². The molecule has 2 heterocycles. The lowest BCUT2D eigenvalue weighted by molar-refractivity contribution is -0.143. The standard InChI is InChI=1S/C30H29F6N3O4/c1-28(2,18-8-19(29(31,32)33)10-20(9-18)30(34,35)36)27(43)38(3)25-13-37-26(39-14-22(42)11-21(39)16-41)12-24(25)23-7-5-4-6-17(23)15-40/h4-10,12-13,15,21-22,41-42H,11,14,16H2,1-3H3. The van der Waals surface area contributed by atoms with Gasteiger partial charge in [-0.05, 0) is 55.7 Å². The number of hydrogen-bond donors (Lipinski definition) is 2. The number of benzene rings is 2. The number of β-amino-alcohol motifs (C(OH)–C–C–N with tert-alkyl or cyclic N) is 1. The number of aliphatic hydroxyl groups excluding tert-OH is 2. The highest BCUT2D eigenvalue weighted by Gasteiger charge is 2.41. The maximum Gasteiger partial charge on any atom is 0.416 e. The van der Waals surface area contributed by atoms with Crippen molar-refractivity contribution >= 4 is 23.7 Å². The molecular weight excluding hydrogens is 580 g/mol. The number of halogens is 6. The zero-order valence-corrected chi connectivity index (χ0v) is 23.4. The SMILES string of the molecule is CN(C(=O)C(C)(C)c1cc(C(F)(F)F)cc(C(F)(F)F)c1)c1cnc(N2CC(O)CC2CO)cc1-c1ccccc1C=O. The highest BCUT2D eigenvalue weighted by atomic mass is 19.4. The van der Waals surface area contributed by atoms with Crippen LogP contribution in [-0.4, -0.2) is 59.7 Å². The molecule has 3 aromatic rings. The molecular formula is C30H29F6N3O4. The maximum absolute atomic E-state index is 13.9. The number of aldehydes is 1. The second-order valence-electron chi connectivity index (χ2n) is 10.9. The highest BCUT2D eigenvalue weighted by molar-refractivity contribution is 6.04. The van der Waals surface area contributed by atoms with Crippen molar-refractivity contribution in [3.05, 3.63) is 77.0 Å². The number of hydrogen-bond acceptors (Lipinski definition) is 6. The molecule has 230 valence electrons. The summed E-state index contributed by atoms with van der Waals surface area (Å²) in [7, 11) is 1.31. The first-order chi connectivity index (χ1) is 20.0. The Kier molecular flexibility index (Phi) is 8.63. The quantitative estimate of drug-likeness (QED) is 0.273. The highest BCUT2D eigenvalue weighted by Crippen LogP contribution is 2.41. The summed E-state index contributed by atoms with van der Waals surface area (Å²) in [6.45, 7) is 2.33. The summed E-state index contributed by atoms with van der Waals surface area (Å²) in [5, 5.41) is 20.0. The van der Waals surface area contributed by atoms with Crippen molar-refractivity contribution in [2.45, 2.75) is 50.2 Å². The fourth-order valence-electron chi connectivity index (χ4n) is 5.24. The van der Waals surface area contributed by atoms with E-state index in [0.717, 1.165) is 4.90 Å². The minimum Gasteiger partial charge on any atom is -0.394 e. The van der Waals surface area contributed by atoms with Crippen LogP contribution in [0.25, 0.3) is 11.1 Å². The molecule has 1 aromatic heterocycles. The number of likely N-dealkylation sites (N-methyl/N-ethyl adjacent to an activating group) is 1. The fourth-order valence-corrected chi connectivity index (χ4v) is 5.24. The molecule has 2 N–H and O–H groups in total. The van der Waals surface area contributed by atoms with Crippen LogP contribution in [0, 0.1) is 0 Å². The van der Waals surface area contributed by atoms with E-state index in [4.69, 9.17) is 0 Å². The maximum atomic E-state index is 13.9. The van der Waals surface area contributed by atoms with E-state index in [2.05, 4.69) is 4.98 Å². The van der Waals surface area contributed by atoms with Crippen LogP contribution in [0.4, 0.5) is 37.8 Å². The van der Waals surface area contributed by atoms with Gasteiger partial charge in [-0.15, -0.1) is 0 Å². The van der Waals surface area contributed by atoms with Crippen LogP contribution in [0.15, 0.2) is 54.7 Å². The first-order valence-electron chi connectivity index (χ1n) is 13.2. The predicted octanol–water partition coefficient (Wildman–Crippen LogP) is 5.47. The molecule has 4 rings (SSSR count). The minimum atomic E-state index is -5.10. The van der Waals surface area contributed by atoms with Gasteiger partial charge >= 0.3 is 12.4 Å². The molecule has 1 aliphatic rings. The van der Waals surface area contributed by atoms with Crippen LogP contribution in [0.2, 0.25) is 0 Å². The molecule has 0 spiro atoms.